The molecule has 1 heterocycles. The van der Waals surface area contributed by atoms with Gasteiger partial charge in [-0.25, -0.2) is 9.97 Å². The van der Waals surface area contributed by atoms with Crippen molar-refractivity contribution in [2.75, 3.05) is 0 Å². The van der Waals surface area contributed by atoms with E-state index in [1.165, 1.54) is 12.1 Å². The van der Waals surface area contributed by atoms with Gasteiger partial charge in [0.1, 0.15) is 10.9 Å². The first-order valence-electron chi connectivity index (χ1n) is 5.22. The van der Waals surface area contributed by atoms with Crippen LogP contribution in [0.25, 0.3) is 11.4 Å². The Balaban J connectivity index is 2.32. The van der Waals surface area contributed by atoms with Crippen molar-refractivity contribution in [2.45, 2.75) is 13.5 Å². The number of hydrogen-bond donors (Lipinski definition) is 0. The van der Waals surface area contributed by atoms with Crippen molar-refractivity contribution in [3.8, 4) is 17.1 Å². The van der Waals surface area contributed by atoms with Gasteiger partial charge in [0.05, 0.1) is 10.2 Å². The van der Waals surface area contributed by atoms with Gasteiger partial charge in [-0.3, -0.25) is 0 Å². The average Bonchev–Trinajstić information content (AvgIpc) is 2.35. The van der Waals surface area contributed by atoms with Crippen LogP contribution in [0.3, 0.4) is 0 Å². The normalized spacial score (nSPS) is 10.8. The molecule has 2 aromatic rings. The van der Waals surface area contributed by atoms with E-state index in [1.807, 2.05) is 0 Å². The molecule has 1 aromatic carbocycles. The topological polar surface area (TPSA) is 35.0 Å². The van der Waals surface area contributed by atoms with Gasteiger partial charge in [-0.05, 0) is 47.1 Å². The van der Waals surface area contributed by atoms with Crippen LogP contribution in [0, 0.1) is 6.92 Å². The molecule has 0 N–H and O–H groups in total. The number of aromatic nitrogens is 2. The van der Waals surface area contributed by atoms with Crippen LogP contribution in [0.4, 0.5) is 8.78 Å². The van der Waals surface area contributed by atoms with Crippen molar-refractivity contribution in [3.63, 3.8) is 0 Å². The van der Waals surface area contributed by atoms with Gasteiger partial charge in [0.15, 0.2) is 5.82 Å². The van der Waals surface area contributed by atoms with Crippen molar-refractivity contribution in [2.24, 2.45) is 0 Å². The molecule has 0 amide bonds. The second-order valence-corrected chi connectivity index (χ2v) is 4.79. The minimum atomic E-state index is -2.84. The SMILES string of the molecule is Cc1nc(-c2ccc(OC(F)F)cc2)nc(Cl)c1Br. The van der Waals surface area contributed by atoms with Crippen LogP contribution in [0.5, 0.6) is 5.75 Å². The number of halogens is 4. The van der Waals surface area contributed by atoms with Gasteiger partial charge in [0.2, 0.25) is 0 Å². The number of hydrogen-bond acceptors (Lipinski definition) is 3. The minimum Gasteiger partial charge on any atom is -0.435 e. The third-order valence-corrected chi connectivity index (χ3v) is 3.77. The Kier molecular flexibility index (Phi) is 4.31. The molecule has 0 fully saturated rings. The zero-order valence-corrected chi connectivity index (χ0v) is 12.0. The highest BCUT2D eigenvalue weighted by Gasteiger charge is 2.10. The summed E-state index contributed by atoms with van der Waals surface area (Å²) in [6.07, 6.45) is 0. The number of ether oxygens (including phenoxy) is 1. The zero-order chi connectivity index (χ0) is 14.0. The Morgan fingerprint density at radius 3 is 2.37 bits per heavy atom. The van der Waals surface area contributed by atoms with Gasteiger partial charge >= 0.3 is 6.61 Å². The maximum atomic E-state index is 12.0. The highest BCUT2D eigenvalue weighted by molar-refractivity contribution is 9.10. The monoisotopic (exact) mass is 348 g/mol. The smallest absolute Gasteiger partial charge is 0.387 e. The van der Waals surface area contributed by atoms with Crippen molar-refractivity contribution >= 4 is 27.5 Å². The van der Waals surface area contributed by atoms with Crippen molar-refractivity contribution in [1.82, 2.24) is 9.97 Å². The second kappa shape index (κ2) is 5.79. The maximum Gasteiger partial charge on any atom is 0.387 e. The van der Waals surface area contributed by atoms with E-state index in [9.17, 15) is 8.78 Å². The quantitative estimate of drug-likeness (QED) is 0.767. The molecule has 0 saturated heterocycles. The summed E-state index contributed by atoms with van der Waals surface area (Å²) >= 11 is 9.21. The number of benzene rings is 1. The van der Waals surface area contributed by atoms with Crippen LogP contribution in [-0.2, 0) is 0 Å². The molecule has 19 heavy (non-hydrogen) atoms. The first-order valence-corrected chi connectivity index (χ1v) is 6.39. The average molecular weight is 350 g/mol. The number of rotatable bonds is 3. The fourth-order valence-corrected chi connectivity index (χ4v) is 1.83. The van der Waals surface area contributed by atoms with Gasteiger partial charge in [0, 0.05) is 5.56 Å². The van der Waals surface area contributed by atoms with Crippen molar-refractivity contribution in [1.29, 1.82) is 0 Å². The van der Waals surface area contributed by atoms with Gasteiger partial charge in [-0.2, -0.15) is 8.78 Å². The molecule has 0 spiro atoms. The Labute approximate surface area is 121 Å². The van der Waals surface area contributed by atoms with Crippen LogP contribution < -0.4 is 4.74 Å². The Morgan fingerprint density at radius 2 is 1.84 bits per heavy atom. The molecule has 100 valence electrons. The molecule has 0 radical (unpaired) electrons. The summed E-state index contributed by atoms with van der Waals surface area (Å²) in [5.74, 6) is 0.507. The van der Waals surface area contributed by atoms with Gasteiger partial charge in [0.25, 0.3) is 0 Å². The summed E-state index contributed by atoms with van der Waals surface area (Å²) in [5.41, 5.74) is 1.36. The van der Waals surface area contributed by atoms with E-state index in [0.29, 0.717) is 26.7 Å². The molecule has 0 unspecified atom stereocenters. The molecule has 2 rings (SSSR count). The molecule has 0 aliphatic heterocycles. The number of alkyl halides is 2. The first kappa shape index (κ1) is 14.1. The van der Waals surface area contributed by atoms with Crippen LogP contribution in [-0.4, -0.2) is 16.6 Å². The van der Waals surface area contributed by atoms with Gasteiger partial charge in [-0.15, -0.1) is 0 Å². The third kappa shape index (κ3) is 3.39. The van der Waals surface area contributed by atoms with Crippen LogP contribution in [0.2, 0.25) is 5.15 Å². The molecule has 0 aliphatic rings. The lowest BCUT2D eigenvalue weighted by Gasteiger charge is -2.07. The highest BCUT2D eigenvalue weighted by atomic mass is 79.9. The summed E-state index contributed by atoms with van der Waals surface area (Å²) in [4.78, 5) is 8.38. The summed E-state index contributed by atoms with van der Waals surface area (Å²) in [6.45, 7) is -1.05. The first-order chi connectivity index (χ1) is 8.97. The Bertz CT molecular complexity index is 570. The standard InChI is InChI=1S/C12H8BrClF2N2O/c1-6-9(13)10(14)18-11(17-6)7-2-4-8(5-3-7)19-12(15)16/h2-5,12H,1H3. The summed E-state index contributed by atoms with van der Waals surface area (Å²) in [7, 11) is 0. The summed E-state index contributed by atoms with van der Waals surface area (Å²) in [6, 6.07) is 6.04. The molecular formula is C12H8BrClF2N2O. The Morgan fingerprint density at radius 1 is 1.21 bits per heavy atom. The molecule has 0 atom stereocenters. The van der Waals surface area contributed by atoms with Crippen LogP contribution in [0.1, 0.15) is 5.69 Å². The lowest BCUT2D eigenvalue weighted by Crippen LogP contribution is -2.01. The third-order valence-electron chi connectivity index (χ3n) is 2.31. The second-order valence-electron chi connectivity index (χ2n) is 3.64. The molecule has 0 saturated carbocycles. The minimum absolute atomic E-state index is 0.0821. The fourth-order valence-electron chi connectivity index (χ4n) is 1.44. The van der Waals surface area contributed by atoms with Crippen LogP contribution in [0.15, 0.2) is 28.7 Å². The van der Waals surface area contributed by atoms with E-state index in [-0.39, 0.29) is 5.75 Å². The molecular weight excluding hydrogens is 341 g/mol. The maximum absolute atomic E-state index is 12.0. The lowest BCUT2D eigenvalue weighted by molar-refractivity contribution is -0.0498. The van der Waals surface area contributed by atoms with Crippen molar-refractivity contribution < 1.29 is 13.5 Å². The van der Waals surface area contributed by atoms with Gasteiger partial charge < -0.3 is 4.74 Å². The van der Waals surface area contributed by atoms with E-state index in [2.05, 4.69) is 30.6 Å². The summed E-state index contributed by atoms with van der Waals surface area (Å²) < 4.78 is 28.9. The predicted molar refractivity (Wildman–Crippen MR) is 71.5 cm³/mol. The molecule has 0 aliphatic carbocycles. The fraction of sp³-hybridized carbons (Fsp3) is 0.167. The van der Waals surface area contributed by atoms with Crippen molar-refractivity contribution in [3.05, 3.63) is 39.6 Å². The molecule has 7 heteroatoms. The molecule has 1 aromatic heterocycles. The van der Waals surface area contributed by atoms with E-state index in [4.69, 9.17) is 11.6 Å². The van der Waals surface area contributed by atoms with E-state index < -0.39 is 6.61 Å². The highest BCUT2D eigenvalue weighted by Crippen LogP contribution is 2.27. The summed E-state index contributed by atoms with van der Waals surface area (Å²) in [5, 5.41) is 0.301. The van der Waals surface area contributed by atoms with E-state index >= 15 is 0 Å². The predicted octanol–water partition coefficient (Wildman–Crippen LogP) is 4.47. The van der Waals surface area contributed by atoms with Gasteiger partial charge in [-0.1, -0.05) is 11.6 Å². The largest absolute Gasteiger partial charge is 0.435 e. The number of nitrogens with zero attached hydrogens (tertiary/aromatic N) is 2. The lowest BCUT2D eigenvalue weighted by atomic mass is 10.2. The van der Waals surface area contributed by atoms with E-state index in [0.717, 1.165) is 0 Å². The zero-order valence-electron chi connectivity index (χ0n) is 9.70. The molecule has 3 nitrogen and oxygen atoms in total. The van der Waals surface area contributed by atoms with Crippen LogP contribution >= 0.6 is 27.5 Å². The number of aryl methyl sites for hydroxylation is 1. The molecule has 0 bridgehead atoms. The van der Waals surface area contributed by atoms with E-state index in [1.54, 1.807) is 19.1 Å². The Hall–Kier alpha value is -1.27.